The van der Waals surface area contributed by atoms with Crippen LogP contribution in [-0.2, 0) is 21.9 Å². The predicted molar refractivity (Wildman–Crippen MR) is 101 cm³/mol. The zero-order chi connectivity index (χ0) is 17.8. The summed E-state index contributed by atoms with van der Waals surface area (Å²) in [4.78, 5) is 0.294. The Morgan fingerprint density at radius 2 is 1.50 bits per heavy atom. The third-order valence-corrected chi connectivity index (χ3v) is 5.45. The highest BCUT2D eigenvalue weighted by Crippen LogP contribution is 2.24. The van der Waals surface area contributed by atoms with Crippen molar-refractivity contribution in [2.24, 2.45) is 0 Å². The molecule has 1 N–H and O–H groups in total. The monoisotopic (exact) mass is 345 g/mol. The third kappa shape index (κ3) is 4.84. The number of anilines is 1. The van der Waals surface area contributed by atoms with Crippen molar-refractivity contribution in [3.63, 3.8) is 0 Å². The first kappa shape index (κ1) is 18.5. The topological polar surface area (TPSA) is 46.2 Å². The average Bonchev–Trinajstić information content (AvgIpc) is 2.52. The van der Waals surface area contributed by atoms with Gasteiger partial charge < -0.3 is 0 Å². The fourth-order valence-corrected chi connectivity index (χ4v) is 3.53. The van der Waals surface area contributed by atoms with Gasteiger partial charge >= 0.3 is 0 Å². The van der Waals surface area contributed by atoms with Crippen LogP contribution >= 0.6 is 0 Å². The lowest BCUT2D eigenvalue weighted by Gasteiger charge is -2.19. The standard InChI is InChI=1S/C20H27NO2S/c1-5-6-7-16-8-14-19(15-9-16)24(22,23)21-18-12-10-17(11-13-18)20(2,3)4/h8-15,21H,5-7H2,1-4H3. The van der Waals surface area contributed by atoms with Crippen LogP contribution in [0.1, 0.15) is 51.7 Å². The summed E-state index contributed by atoms with van der Waals surface area (Å²) in [5.41, 5.74) is 2.97. The molecule has 0 heterocycles. The van der Waals surface area contributed by atoms with Crippen LogP contribution in [0.3, 0.4) is 0 Å². The summed E-state index contributed by atoms with van der Waals surface area (Å²) in [6.07, 6.45) is 3.23. The van der Waals surface area contributed by atoms with Crippen LogP contribution in [0.25, 0.3) is 0 Å². The van der Waals surface area contributed by atoms with Gasteiger partial charge in [-0.25, -0.2) is 8.42 Å². The number of benzene rings is 2. The van der Waals surface area contributed by atoms with Crippen molar-refractivity contribution in [1.29, 1.82) is 0 Å². The molecule has 0 aliphatic heterocycles. The Kier molecular flexibility index (Phi) is 5.70. The van der Waals surface area contributed by atoms with Gasteiger partial charge in [-0.15, -0.1) is 0 Å². The number of nitrogens with one attached hydrogen (secondary N) is 1. The molecule has 0 spiro atoms. The van der Waals surface area contributed by atoms with Crippen molar-refractivity contribution in [2.45, 2.75) is 57.3 Å². The molecule has 0 amide bonds. The zero-order valence-electron chi connectivity index (χ0n) is 15.0. The molecule has 0 saturated carbocycles. The molecule has 2 rings (SSSR count). The fraction of sp³-hybridized carbons (Fsp3) is 0.400. The van der Waals surface area contributed by atoms with E-state index in [1.807, 2.05) is 36.4 Å². The predicted octanol–water partition coefficient (Wildman–Crippen LogP) is 5.13. The van der Waals surface area contributed by atoms with Crippen LogP contribution in [0.15, 0.2) is 53.4 Å². The highest BCUT2D eigenvalue weighted by atomic mass is 32.2. The second kappa shape index (κ2) is 7.39. The van der Waals surface area contributed by atoms with E-state index in [0.29, 0.717) is 10.6 Å². The molecule has 0 saturated heterocycles. The van der Waals surface area contributed by atoms with Crippen LogP contribution in [0, 0.1) is 0 Å². The second-order valence-electron chi connectivity index (χ2n) is 7.18. The Morgan fingerprint density at radius 1 is 0.917 bits per heavy atom. The van der Waals surface area contributed by atoms with Gasteiger partial charge in [0, 0.05) is 5.69 Å². The molecular weight excluding hydrogens is 318 g/mol. The molecule has 0 aliphatic rings. The zero-order valence-corrected chi connectivity index (χ0v) is 15.8. The summed E-state index contributed by atoms with van der Waals surface area (Å²) in [5, 5.41) is 0. The molecule has 4 heteroatoms. The molecule has 0 fully saturated rings. The normalized spacial score (nSPS) is 12.2. The van der Waals surface area contributed by atoms with Gasteiger partial charge in [0.2, 0.25) is 0 Å². The number of aryl methyl sites for hydroxylation is 1. The molecule has 2 aromatic carbocycles. The van der Waals surface area contributed by atoms with E-state index in [0.717, 1.165) is 19.3 Å². The van der Waals surface area contributed by atoms with E-state index in [1.54, 1.807) is 12.1 Å². The van der Waals surface area contributed by atoms with E-state index in [-0.39, 0.29) is 5.41 Å². The van der Waals surface area contributed by atoms with E-state index in [9.17, 15) is 8.42 Å². The molecule has 0 radical (unpaired) electrons. The van der Waals surface area contributed by atoms with Crippen LogP contribution in [-0.4, -0.2) is 8.42 Å². The Labute approximate surface area is 146 Å². The van der Waals surface area contributed by atoms with Crippen molar-refractivity contribution in [3.05, 3.63) is 59.7 Å². The smallest absolute Gasteiger partial charge is 0.261 e. The highest BCUT2D eigenvalue weighted by Gasteiger charge is 2.16. The maximum Gasteiger partial charge on any atom is 0.261 e. The molecule has 24 heavy (non-hydrogen) atoms. The molecule has 130 valence electrons. The third-order valence-electron chi connectivity index (χ3n) is 4.06. The lowest BCUT2D eigenvalue weighted by molar-refractivity contribution is 0.590. The summed E-state index contributed by atoms with van der Waals surface area (Å²) >= 11 is 0. The number of rotatable bonds is 6. The second-order valence-corrected chi connectivity index (χ2v) is 8.86. The SMILES string of the molecule is CCCCc1ccc(S(=O)(=O)Nc2ccc(C(C)(C)C)cc2)cc1. The van der Waals surface area contributed by atoms with Gasteiger partial charge in [0.1, 0.15) is 0 Å². The van der Waals surface area contributed by atoms with Gasteiger partial charge in [-0.1, -0.05) is 58.4 Å². The largest absolute Gasteiger partial charge is 0.280 e. The lowest BCUT2D eigenvalue weighted by Crippen LogP contribution is -2.14. The minimum atomic E-state index is -3.55. The van der Waals surface area contributed by atoms with Crippen LogP contribution in [0.5, 0.6) is 0 Å². The van der Waals surface area contributed by atoms with Gasteiger partial charge in [-0.2, -0.15) is 0 Å². The Balaban J connectivity index is 2.13. The average molecular weight is 346 g/mol. The van der Waals surface area contributed by atoms with E-state index >= 15 is 0 Å². The van der Waals surface area contributed by atoms with Crippen molar-refractivity contribution >= 4 is 15.7 Å². The summed E-state index contributed by atoms with van der Waals surface area (Å²) < 4.78 is 27.6. The Bertz CT molecular complexity index is 755. The van der Waals surface area contributed by atoms with Crippen LogP contribution in [0.2, 0.25) is 0 Å². The quantitative estimate of drug-likeness (QED) is 0.789. The first-order chi connectivity index (χ1) is 11.2. The Morgan fingerprint density at radius 3 is 2.00 bits per heavy atom. The first-order valence-corrected chi connectivity index (χ1v) is 9.93. The molecule has 0 atom stereocenters. The summed E-state index contributed by atoms with van der Waals surface area (Å²) in [6.45, 7) is 8.54. The summed E-state index contributed by atoms with van der Waals surface area (Å²) in [7, 11) is -3.55. The van der Waals surface area contributed by atoms with E-state index < -0.39 is 10.0 Å². The molecule has 0 bridgehead atoms. The number of hydrogen-bond donors (Lipinski definition) is 1. The van der Waals surface area contributed by atoms with E-state index in [2.05, 4.69) is 32.4 Å². The van der Waals surface area contributed by atoms with Gasteiger partial charge in [-0.3, -0.25) is 4.72 Å². The fourth-order valence-electron chi connectivity index (χ4n) is 2.47. The summed E-state index contributed by atoms with van der Waals surface area (Å²) in [6, 6.07) is 14.7. The summed E-state index contributed by atoms with van der Waals surface area (Å²) in [5.74, 6) is 0. The van der Waals surface area contributed by atoms with Crippen molar-refractivity contribution in [1.82, 2.24) is 0 Å². The minimum absolute atomic E-state index is 0.0473. The van der Waals surface area contributed by atoms with Crippen LogP contribution in [0.4, 0.5) is 5.69 Å². The molecule has 2 aromatic rings. The highest BCUT2D eigenvalue weighted by molar-refractivity contribution is 7.92. The maximum absolute atomic E-state index is 12.5. The number of hydrogen-bond acceptors (Lipinski definition) is 2. The molecule has 0 aromatic heterocycles. The molecule has 0 unspecified atom stereocenters. The van der Waals surface area contributed by atoms with Crippen LogP contribution < -0.4 is 4.72 Å². The van der Waals surface area contributed by atoms with Gasteiger partial charge in [0.15, 0.2) is 0 Å². The number of unbranched alkanes of at least 4 members (excludes halogenated alkanes) is 1. The molecular formula is C20H27NO2S. The van der Waals surface area contributed by atoms with Gasteiger partial charge in [-0.05, 0) is 53.6 Å². The maximum atomic E-state index is 12.5. The van der Waals surface area contributed by atoms with E-state index in [4.69, 9.17) is 0 Å². The van der Waals surface area contributed by atoms with Crippen molar-refractivity contribution in [2.75, 3.05) is 4.72 Å². The van der Waals surface area contributed by atoms with Gasteiger partial charge in [0.05, 0.1) is 4.90 Å². The van der Waals surface area contributed by atoms with Crippen molar-refractivity contribution in [3.8, 4) is 0 Å². The molecule has 0 aliphatic carbocycles. The van der Waals surface area contributed by atoms with Gasteiger partial charge in [0.25, 0.3) is 10.0 Å². The number of sulfonamides is 1. The first-order valence-electron chi connectivity index (χ1n) is 8.44. The minimum Gasteiger partial charge on any atom is -0.280 e. The van der Waals surface area contributed by atoms with E-state index in [1.165, 1.54) is 11.1 Å². The lowest BCUT2D eigenvalue weighted by atomic mass is 9.87. The van der Waals surface area contributed by atoms with Crippen molar-refractivity contribution < 1.29 is 8.42 Å². The Hall–Kier alpha value is -1.81. The molecule has 3 nitrogen and oxygen atoms in total.